The van der Waals surface area contributed by atoms with Gasteiger partial charge in [-0.25, -0.2) is 0 Å². The summed E-state index contributed by atoms with van der Waals surface area (Å²) < 4.78 is 5.68. The molecule has 1 aliphatic rings. The van der Waals surface area contributed by atoms with Crippen LogP contribution in [-0.4, -0.2) is 36.1 Å². The maximum atomic E-state index is 5.91. The largest absolute Gasteiger partial charge is 0.491 e. The zero-order valence-corrected chi connectivity index (χ0v) is 11.3. The van der Waals surface area contributed by atoms with Crippen LogP contribution in [0.4, 0.5) is 0 Å². The normalized spacial score (nSPS) is 16.9. The SMILES string of the molecule is CCC(N)c1ccc(OCCN(C)C2CC2)cn1. The van der Waals surface area contributed by atoms with Crippen molar-refractivity contribution in [3.05, 3.63) is 24.0 Å². The van der Waals surface area contributed by atoms with E-state index in [1.54, 1.807) is 6.20 Å². The number of pyridine rings is 1. The minimum Gasteiger partial charge on any atom is -0.491 e. The molecule has 0 radical (unpaired) electrons. The van der Waals surface area contributed by atoms with Gasteiger partial charge in [-0.2, -0.15) is 0 Å². The van der Waals surface area contributed by atoms with Crippen LogP contribution in [0.2, 0.25) is 0 Å². The van der Waals surface area contributed by atoms with Gasteiger partial charge in [0.1, 0.15) is 12.4 Å². The van der Waals surface area contributed by atoms with Crippen molar-refractivity contribution in [1.82, 2.24) is 9.88 Å². The van der Waals surface area contributed by atoms with Gasteiger partial charge in [-0.05, 0) is 38.4 Å². The van der Waals surface area contributed by atoms with E-state index in [0.717, 1.165) is 30.5 Å². The molecule has 1 atom stereocenters. The second-order valence-electron chi connectivity index (χ2n) is 4.99. The lowest BCUT2D eigenvalue weighted by Gasteiger charge is -2.16. The van der Waals surface area contributed by atoms with Crippen molar-refractivity contribution in [3.8, 4) is 5.75 Å². The molecule has 1 aromatic rings. The summed E-state index contributed by atoms with van der Waals surface area (Å²) in [6, 6.07) is 4.72. The third-order valence-electron chi connectivity index (χ3n) is 3.46. The van der Waals surface area contributed by atoms with E-state index >= 15 is 0 Å². The first-order chi connectivity index (χ1) is 8.70. The van der Waals surface area contributed by atoms with Gasteiger partial charge in [0.15, 0.2) is 0 Å². The fraction of sp³-hybridized carbons (Fsp3) is 0.643. The van der Waals surface area contributed by atoms with Crippen LogP contribution in [0.3, 0.4) is 0 Å². The minimum atomic E-state index is 0.0278. The van der Waals surface area contributed by atoms with Crippen molar-refractivity contribution in [2.45, 2.75) is 38.3 Å². The fourth-order valence-electron chi connectivity index (χ4n) is 1.91. The smallest absolute Gasteiger partial charge is 0.137 e. The summed E-state index contributed by atoms with van der Waals surface area (Å²) in [7, 11) is 2.16. The molecule has 100 valence electrons. The Hall–Kier alpha value is -1.13. The average Bonchev–Trinajstić information content (AvgIpc) is 3.23. The summed E-state index contributed by atoms with van der Waals surface area (Å²) in [5, 5.41) is 0. The Morgan fingerprint density at radius 1 is 1.50 bits per heavy atom. The molecule has 2 N–H and O–H groups in total. The average molecular weight is 249 g/mol. The molecule has 0 aromatic carbocycles. The van der Waals surface area contributed by atoms with Crippen molar-refractivity contribution >= 4 is 0 Å². The Kier molecular flexibility index (Phi) is 4.55. The molecule has 4 nitrogen and oxygen atoms in total. The van der Waals surface area contributed by atoms with Gasteiger partial charge in [-0.1, -0.05) is 6.92 Å². The Labute approximate surface area is 109 Å². The summed E-state index contributed by atoms with van der Waals surface area (Å²) in [5.74, 6) is 0.825. The monoisotopic (exact) mass is 249 g/mol. The summed E-state index contributed by atoms with van der Waals surface area (Å²) >= 11 is 0. The Morgan fingerprint density at radius 2 is 2.28 bits per heavy atom. The third-order valence-corrected chi connectivity index (χ3v) is 3.46. The molecule has 0 saturated heterocycles. The minimum absolute atomic E-state index is 0.0278. The quantitative estimate of drug-likeness (QED) is 0.802. The van der Waals surface area contributed by atoms with E-state index < -0.39 is 0 Å². The molecule has 0 bridgehead atoms. The van der Waals surface area contributed by atoms with Gasteiger partial charge in [0.2, 0.25) is 0 Å². The van der Waals surface area contributed by atoms with Crippen molar-refractivity contribution in [1.29, 1.82) is 0 Å². The molecule has 1 fully saturated rings. The lowest BCUT2D eigenvalue weighted by molar-refractivity contribution is 0.231. The molecule has 0 aliphatic heterocycles. The second kappa shape index (κ2) is 6.16. The molecule has 4 heteroatoms. The Morgan fingerprint density at radius 3 is 2.83 bits per heavy atom. The maximum absolute atomic E-state index is 5.91. The highest BCUT2D eigenvalue weighted by molar-refractivity contribution is 5.21. The second-order valence-corrected chi connectivity index (χ2v) is 4.99. The molecule has 1 saturated carbocycles. The number of rotatable bonds is 7. The molecule has 0 amide bonds. The van der Waals surface area contributed by atoms with E-state index in [1.807, 2.05) is 12.1 Å². The summed E-state index contributed by atoms with van der Waals surface area (Å²) in [6.45, 7) is 3.75. The van der Waals surface area contributed by atoms with Crippen LogP contribution in [-0.2, 0) is 0 Å². The summed E-state index contributed by atoms with van der Waals surface area (Å²) in [5.41, 5.74) is 6.84. The standard InChI is InChI=1S/C14H23N3O/c1-3-13(15)14-7-6-12(10-16-14)18-9-8-17(2)11-4-5-11/h6-7,10-11,13H,3-5,8-9,15H2,1-2H3. The van der Waals surface area contributed by atoms with Crippen LogP contribution in [0, 0.1) is 0 Å². The highest BCUT2D eigenvalue weighted by atomic mass is 16.5. The van der Waals surface area contributed by atoms with Crippen LogP contribution in [0.15, 0.2) is 18.3 Å². The number of nitrogens with two attached hydrogens (primary N) is 1. The topological polar surface area (TPSA) is 51.4 Å². The van der Waals surface area contributed by atoms with Gasteiger partial charge in [0, 0.05) is 18.6 Å². The fourth-order valence-corrected chi connectivity index (χ4v) is 1.91. The number of hydrogen-bond donors (Lipinski definition) is 1. The molecular weight excluding hydrogens is 226 g/mol. The molecule has 0 spiro atoms. The van der Waals surface area contributed by atoms with Gasteiger partial charge in [0.25, 0.3) is 0 Å². The predicted molar refractivity (Wildman–Crippen MR) is 72.6 cm³/mol. The predicted octanol–water partition coefficient (Wildman–Crippen LogP) is 1.96. The Balaban J connectivity index is 1.75. The number of aromatic nitrogens is 1. The van der Waals surface area contributed by atoms with E-state index in [-0.39, 0.29) is 6.04 Å². The molecule has 1 aliphatic carbocycles. The zero-order chi connectivity index (χ0) is 13.0. The van der Waals surface area contributed by atoms with E-state index in [9.17, 15) is 0 Å². The van der Waals surface area contributed by atoms with Crippen molar-refractivity contribution in [2.24, 2.45) is 5.73 Å². The van der Waals surface area contributed by atoms with E-state index in [0.29, 0.717) is 6.61 Å². The number of ether oxygens (including phenoxy) is 1. The van der Waals surface area contributed by atoms with Crippen LogP contribution in [0.25, 0.3) is 0 Å². The maximum Gasteiger partial charge on any atom is 0.137 e. The van der Waals surface area contributed by atoms with Crippen molar-refractivity contribution in [3.63, 3.8) is 0 Å². The first-order valence-corrected chi connectivity index (χ1v) is 6.75. The van der Waals surface area contributed by atoms with Gasteiger partial charge < -0.3 is 15.4 Å². The number of nitrogens with zero attached hydrogens (tertiary/aromatic N) is 2. The summed E-state index contributed by atoms with van der Waals surface area (Å²) in [4.78, 5) is 6.69. The molecule has 18 heavy (non-hydrogen) atoms. The Bertz CT molecular complexity index is 362. The zero-order valence-electron chi connectivity index (χ0n) is 11.3. The van der Waals surface area contributed by atoms with Gasteiger partial charge in [-0.15, -0.1) is 0 Å². The van der Waals surface area contributed by atoms with E-state index in [4.69, 9.17) is 10.5 Å². The molecular formula is C14H23N3O. The van der Waals surface area contributed by atoms with Crippen molar-refractivity contribution in [2.75, 3.05) is 20.2 Å². The van der Waals surface area contributed by atoms with Crippen LogP contribution < -0.4 is 10.5 Å². The summed E-state index contributed by atoms with van der Waals surface area (Å²) in [6.07, 6.45) is 5.34. The van der Waals surface area contributed by atoms with Gasteiger partial charge in [-0.3, -0.25) is 4.98 Å². The van der Waals surface area contributed by atoms with E-state index in [2.05, 4.69) is 23.9 Å². The van der Waals surface area contributed by atoms with Crippen LogP contribution >= 0.6 is 0 Å². The molecule has 1 aromatic heterocycles. The van der Waals surface area contributed by atoms with Crippen LogP contribution in [0.1, 0.15) is 37.9 Å². The number of likely N-dealkylation sites (N-methyl/N-ethyl adjacent to an activating group) is 1. The molecule has 2 rings (SSSR count). The van der Waals surface area contributed by atoms with Gasteiger partial charge >= 0.3 is 0 Å². The third kappa shape index (κ3) is 3.68. The molecule has 1 unspecified atom stereocenters. The van der Waals surface area contributed by atoms with E-state index in [1.165, 1.54) is 12.8 Å². The van der Waals surface area contributed by atoms with Crippen molar-refractivity contribution < 1.29 is 4.74 Å². The van der Waals surface area contributed by atoms with Gasteiger partial charge in [0.05, 0.1) is 11.9 Å². The first-order valence-electron chi connectivity index (χ1n) is 6.75. The number of hydrogen-bond acceptors (Lipinski definition) is 4. The van der Waals surface area contributed by atoms with Crippen LogP contribution in [0.5, 0.6) is 5.75 Å². The first kappa shape index (κ1) is 13.3. The highest BCUT2D eigenvalue weighted by Crippen LogP contribution is 2.24. The molecule has 1 heterocycles. The highest BCUT2D eigenvalue weighted by Gasteiger charge is 2.25. The lowest BCUT2D eigenvalue weighted by Crippen LogP contribution is -2.26. The lowest BCUT2D eigenvalue weighted by atomic mass is 10.1.